The van der Waals surface area contributed by atoms with Crippen LogP contribution in [0.25, 0.3) is 0 Å². The Morgan fingerprint density at radius 2 is 2.00 bits per heavy atom. The quantitative estimate of drug-likeness (QED) is 0.819. The highest BCUT2D eigenvalue weighted by atomic mass is 14.9. The Kier molecular flexibility index (Phi) is 4.57. The van der Waals surface area contributed by atoms with Crippen LogP contribution in [-0.4, -0.2) is 13.6 Å². The normalized spacial score (nSPS) is 16.6. The molecule has 1 atom stereocenters. The Balaban J connectivity index is 2.13. The highest BCUT2D eigenvalue weighted by molar-refractivity contribution is 5.35. The molecule has 0 saturated carbocycles. The van der Waals surface area contributed by atoms with Crippen LogP contribution in [0.15, 0.2) is 18.2 Å². The average Bonchev–Trinajstić information content (AvgIpc) is 2.39. The van der Waals surface area contributed by atoms with Crippen molar-refractivity contribution in [2.45, 2.75) is 44.6 Å². The lowest BCUT2D eigenvalue weighted by Crippen LogP contribution is -2.18. The van der Waals surface area contributed by atoms with Crippen LogP contribution in [0.5, 0.6) is 0 Å². The fraction of sp³-hybridized carbons (Fsp3) is 0.600. The van der Waals surface area contributed by atoms with Crippen LogP contribution in [-0.2, 0) is 12.8 Å². The van der Waals surface area contributed by atoms with Crippen molar-refractivity contribution in [3.8, 4) is 0 Å². The van der Waals surface area contributed by atoms with Crippen LogP contribution in [0, 0.1) is 0 Å². The summed E-state index contributed by atoms with van der Waals surface area (Å²) in [5.41, 5.74) is 10.2. The fourth-order valence-electron chi connectivity index (χ4n) is 2.77. The maximum atomic E-state index is 5.59. The second-order valence-corrected chi connectivity index (χ2v) is 5.01. The van der Waals surface area contributed by atoms with E-state index in [0.29, 0.717) is 6.04 Å². The van der Waals surface area contributed by atoms with Crippen LogP contribution in [0.1, 0.15) is 48.4 Å². The molecule has 3 N–H and O–H groups in total. The van der Waals surface area contributed by atoms with Gasteiger partial charge in [0.15, 0.2) is 0 Å². The summed E-state index contributed by atoms with van der Waals surface area (Å²) in [6.07, 6.45) is 7.45. The Bertz CT molecular complexity index is 360. The van der Waals surface area contributed by atoms with Gasteiger partial charge in [0.1, 0.15) is 0 Å². The molecule has 2 rings (SSSR count). The van der Waals surface area contributed by atoms with Gasteiger partial charge in [0.2, 0.25) is 0 Å². The summed E-state index contributed by atoms with van der Waals surface area (Å²) in [7, 11) is 2.04. The lowest BCUT2D eigenvalue weighted by Gasteiger charge is -2.21. The maximum Gasteiger partial charge on any atom is 0.0318 e. The van der Waals surface area contributed by atoms with Gasteiger partial charge in [-0.05, 0) is 68.8 Å². The minimum absolute atomic E-state index is 0.464. The van der Waals surface area contributed by atoms with Gasteiger partial charge in [-0.3, -0.25) is 0 Å². The molecule has 0 spiro atoms. The van der Waals surface area contributed by atoms with Gasteiger partial charge in [0.05, 0.1) is 0 Å². The smallest absolute Gasteiger partial charge is 0.0318 e. The van der Waals surface area contributed by atoms with E-state index in [4.69, 9.17) is 5.73 Å². The second kappa shape index (κ2) is 6.18. The third-order valence-electron chi connectivity index (χ3n) is 3.82. The Morgan fingerprint density at radius 1 is 1.24 bits per heavy atom. The lowest BCUT2D eigenvalue weighted by molar-refractivity contribution is 0.530. The van der Waals surface area contributed by atoms with E-state index in [1.54, 1.807) is 11.1 Å². The first-order valence-electron chi connectivity index (χ1n) is 6.84. The minimum atomic E-state index is 0.464. The molecular weight excluding hydrogens is 208 g/mol. The Morgan fingerprint density at radius 3 is 2.71 bits per heavy atom. The summed E-state index contributed by atoms with van der Waals surface area (Å²) in [5.74, 6) is 0. The van der Waals surface area contributed by atoms with E-state index in [9.17, 15) is 0 Å². The molecular formula is C15H24N2. The summed E-state index contributed by atoms with van der Waals surface area (Å²) in [5, 5.41) is 3.40. The second-order valence-electron chi connectivity index (χ2n) is 5.01. The predicted molar refractivity (Wildman–Crippen MR) is 73.2 cm³/mol. The van der Waals surface area contributed by atoms with Gasteiger partial charge in [0.25, 0.3) is 0 Å². The zero-order chi connectivity index (χ0) is 12.1. The number of aryl methyl sites for hydroxylation is 2. The molecule has 1 unspecified atom stereocenters. The van der Waals surface area contributed by atoms with Crippen LogP contribution in [0.4, 0.5) is 0 Å². The first-order valence-corrected chi connectivity index (χ1v) is 6.84. The standard InChI is InChI=1S/C15H24N2/c1-17-15(7-4-10-16)14-9-8-12-5-2-3-6-13(12)11-14/h8-9,11,15,17H,2-7,10,16H2,1H3. The molecule has 0 aromatic heterocycles. The van der Waals surface area contributed by atoms with Crippen molar-refractivity contribution in [1.82, 2.24) is 5.32 Å². The van der Waals surface area contributed by atoms with Crippen LogP contribution < -0.4 is 11.1 Å². The number of hydrogen-bond donors (Lipinski definition) is 2. The third kappa shape index (κ3) is 3.08. The summed E-state index contributed by atoms with van der Waals surface area (Å²) in [6.45, 7) is 0.781. The van der Waals surface area contributed by atoms with Crippen molar-refractivity contribution in [2.24, 2.45) is 5.73 Å². The molecule has 94 valence electrons. The van der Waals surface area contributed by atoms with Crippen LogP contribution >= 0.6 is 0 Å². The Hall–Kier alpha value is -0.860. The zero-order valence-corrected chi connectivity index (χ0v) is 10.8. The molecule has 0 amide bonds. The van der Waals surface area contributed by atoms with Gasteiger partial charge >= 0.3 is 0 Å². The van der Waals surface area contributed by atoms with E-state index in [0.717, 1.165) is 19.4 Å². The zero-order valence-electron chi connectivity index (χ0n) is 10.8. The van der Waals surface area contributed by atoms with E-state index < -0.39 is 0 Å². The topological polar surface area (TPSA) is 38.0 Å². The predicted octanol–water partition coefficient (Wildman–Crippen LogP) is 2.56. The first kappa shape index (κ1) is 12.6. The van der Waals surface area contributed by atoms with E-state index in [-0.39, 0.29) is 0 Å². The number of nitrogens with two attached hydrogens (primary N) is 1. The highest BCUT2D eigenvalue weighted by Gasteiger charge is 2.13. The fourth-order valence-corrected chi connectivity index (χ4v) is 2.77. The lowest BCUT2D eigenvalue weighted by atomic mass is 9.88. The van der Waals surface area contributed by atoms with Gasteiger partial charge in [-0.2, -0.15) is 0 Å². The largest absolute Gasteiger partial charge is 0.330 e. The molecule has 2 nitrogen and oxygen atoms in total. The molecule has 0 radical (unpaired) electrons. The van der Waals surface area contributed by atoms with Crippen LogP contribution in [0.3, 0.4) is 0 Å². The monoisotopic (exact) mass is 232 g/mol. The van der Waals surface area contributed by atoms with Gasteiger partial charge < -0.3 is 11.1 Å². The SMILES string of the molecule is CNC(CCCN)c1ccc2c(c1)CCCC2. The van der Waals surface area contributed by atoms with E-state index in [1.165, 1.54) is 31.2 Å². The summed E-state index contributed by atoms with van der Waals surface area (Å²) in [4.78, 5) is 0. The maximum absolute atomic E-state index is 5.59. The number of benzene rings is 1. The molecule has 1 aromatic carbocycles. The number of rotatable bonds is 5. The van der Waals surface area contributed by atoms with Crippen molar-refractivity contribution in [3.63, 3.8) is 0 Å². The van der Waals surface area contributed by atoms with E-state index in [1.807, 2.05) is 7.05 Å². The van der Waals surface area contributed by atoms with Gasteiger partial charge in [-0.25, -0.2) is 0 Å². The molecule has 0 fully saturated rings. The third-order valence-corrected chi connectivity index (χ3v) is 3.82. The molecule has 0 heterocycles. The molecule has 0 aliphatic heterocycles. The number of nitrogens with one attached hydrogen (secondary N) is 1. The van der Waals surface area contributed by atoms with Gasteiger partial charge in [-0.15, -0.1) is 0 Å². The van der Waals surface area contributed by atoms with Crippen molar-refractivity contribution < 1.29 is 0 Å². The van der Waals surface area contributed by atoms with Crippen molar-refractivity contribution >= 4 is 0 Å². The van der Waals surface area contributed by atoms with Crippen LogP contribution in [0.2, 0.25) is 0 Å². The summed E-state index contributed by atoms with van der Waals surface area (Å²) in [6, 6.07) is 7.50. The summed E-state index contributed by atoms with van der Waals surface area (Å²) >= 11 is 0. The van der Waals surface area contributed by atoms with E-state index >= 15 is 0 Å². The molecule has 0 saturated heterocycles. The number of fused-ring (bicyclic) bond motifs is 1. The van der Waals surface area contributed by atoms with Gasteiger partial charge in [0, 0.05) is 6.04 Å². The van der Waals surface area contributed by atoms with Gasteiger partial charge in [-0.1, -0.05) is 18.2 Å². The molecule has 1 aliphatic rings. The van der Waals surface area contributed by atoms with Crippen molar-refractivity contribution in [2.75, 3.05) is 13.6 Å². The van der Waals surface area contributed by atoms with Crippen molar-refractivity contribution in [1.29, 1.82) is 0 Å². The molecule has 1 aromatic rings. The summed E-state index contributed by atoms with van der Waals surface area (Å²) < 4.78 is 0. The first-order chi connectivity index (χ1) is 8.35. The molecule has 17 heavy (non-hydrogen) atoms. The van der Waals surface area contributed by atoms with E-state index in [2.05, 4.69) is 23.5 Å². The highest BCUT2D eigenvalue weighted by Crippen LogP contribution is 2.26. The Labute approximate surface area is 105 Å². The average molecular weight is 232 g/mol. The van der Waals surface area contributed by atoms with Crippen molar-refractivity contribution in [3.05, 3.63) is 34.9 Å². The molecule has 0 bridgehead atoms. The number of hydrogen-bond acceptors (Lipinski definition) is 2. The molecule has 2 heteroatoms. The molecule has 1 aliphatic carbocycles. The minimum Gasteiger partial charge on any atom is -0.330 e.